The first-order valence-electron chi connectivity index (χ1n) is 6.76. The van der Waals surface area contributed by atoms with Crippen molar-refractivity contribution in [3.8, 4) is 11.5 Å². The minimum absolute atomic E-state index is 0.0968. The molecule has 0 aliphatic rings. The molecule has 0 radical (unpaired) electrons. The van der Waals surface area contributed by atoms with E-state index < -0.39 is 5.97 Å². The van der Waals surface area contributed by atoms with Gasteiger partial charge in [0.05, 0.1) is 7.11 Å². The van der Waals surface area contributed by atoms with Crippen molar-refractivity contribution in [3.05, 3.63) is 59.2 Å². The van der Waals surface area contributed by atoms with Crippen LogP contribution in [0.5, 0.6) is 11.5 Å². The monoisotopic (exact) mass is 286 g/mol. The first kappa shape index (κ1) is 14.9. The second kappa shape index (κ2) is 6.79. The summed E-state index contributed by atoms with van der Waals surface area (Å²) in [5.74, 6) is -0.364. The predicted octanol–water partition coefficient (Wildman–Crippen LogP) is 3.53. The van der Waals surface area contributed by atoms with E-state index in [9.17, 15) is 9.90 Å². The number of carboxylic acid groups (broad SMARTS) is 1. The van der Waals surface area contributed by atoms with Gasteiger partial charge in [-0.05, 0) is 29.7 Å². The van der Waals surface area contributed by atoms with E-state index in [4.69, 9.17) is 9.47 Å². The lowest BCUT2D eigenvalue weighted by atomic mass is 10.1. The van der Waals surface area contributed by atoms with Crippen LogP contribution in [-0.4, -0.2) is 18.2 Å². The molecular weight excluding hydrogens is 268 g/mol. The van der Waals surface area contributed by atoms with Gasteiger partial charge in [-0.3, -0.25) is 0 Å². The van der Waals surface area contributed by atoms with Crippen LogP contribution in [0.2, 0.25) is 0 Å². The van der Waals surface area contributed by atoms with Gasteiger partial charge in [-0.1, -0.05) is 37.3 Å². The molecule has 2 rings (SSSR count). The van der Waals surface area contributed by atoms with Gasteiger partial charge in [0.2, 0.25) is 0 Å². The standard InChI is InChI=1S/C17H18O4/c1-3-12-7-9-13(10-8-12)11-21-16-14(17(18)19)5-4-6-15(16)20-2/h4-10H,3,11H2,1-2H3,(H,18,19). The molecule has 0 amide bonds. The Hall–Kier alpha value is -2.49. The van der Waals surface area contributed by atoms with Gasteiger partial charge in [0.25, 0.3) is 0 Å². The molecule has 2 aromatic rings. The molecule has 0 saturated carbocycles. The van der Waals surface area contributed by atoms with Crippen molar-refractivity contribution in [1.82, 2.24) is 0 Å². The molecule has 4 heteroatoms. The van der Waals surface area contributed by atoms with E-state index in [1.165, 1.54) is 18.7 Å². The fraction of sp³-hybridized carbons (Fsp3) is 0.235. The van der Waals surface area contributed by atoms with E-state index in [1.54, 1.807) is 12.1 Å². The number of ether oxygens (including phenoxy) is 2. The number of methoxy groups -OCH3 is 1. The van der Waals surface area contributed by atoms with E-state index >= 15 is 0 Å². The van der Waals surface area contributed by atoms with E-state index in [0.29, 0.717) is 12.4 Å². The third kappa shape index (κ3) is 3.54. The highest BCUT2D eigenvalue weighted by atomic mass is 16.5. The molecule has 0 bridgehead atoms. The van der Waals surface area contributed by atoms with Crippen LogP contribution in [0.15, 0.2) is 42.5 Å². The Morgan fingerprint density at radius 3 is 2.33 bits per heavy atom. The van der Waals surface area contributed by atoms with Crippen LogP contribution in [-0.2, 0) is 13.0 Å². The van der Waals surface area contributed by atoms with Crippen molar-refractivity contribution in [1.29, 1.82) is 0 Å². The molecule has 0 fully saturated rings. The zero-order valence-electron chi connectivity index (χ0n) is 12.1. The largest absolute Gasteiger partial charge is 0.493 e. The molecule has 0 aliphatic heterocycles. The lowest BCUT2D eigenvalue weighted by Crippen LogP contribution is -2.05. The highest BCUT2D eigenvalue weighted by Gasteiger charge is 2.16. The van der Waals surface area contributed by atoms with Crippen molar-refractivity contribution in [2.45, 2.75) is 20.0 Å². The maximum Gasteiger partial charge on any atom is 0.339 e. The van der Waals surface area contributed by atoms with Gasteiger partial charge in [0, 0.05) is 0 Å². The summed E-state index contributed by atoms with van der Waals surface area (Å²) < 4.78 is 10.8. The van der Waals surface area contributed by atoms with Gasteiger partial charge in [0.15, 0.2) is 11.5 Å². The van der Waals surface area contributed by atoms with E-state index in [-0.39, 0.29) is 11.3 Å². The summed E-state index contributed by atoms with van der Waals surface area (Å²) in [4.78, 5) is 11.2. The molecule has 0 atom stereocenters. The normalized spacial score (nSPS) is 10.2. The van der Waals surface area contributed by atoms with Crippen molar-refractivity contribution >= 4 is 5.97 Å². The fourth-order valence-electron chi connectivity index (χ4n) is 2.02. The predicted molar refractivity (Wildman–Crippen MR) is 80.1 cm³/mol. The van der Waals surface area contributed by atoms with Crippen LogP contribution in [0.3, 0.4) is 0 Å². The molecule has 0 unspecified atom stereocenters. The highest BCUT2D eigenvalue weighted by Crippen LogP contribution is 2.31. The minimum atomic E-state index is -1.04. The zero-order chi connectivity index (χ0) is 15.2. The minimum Gasteiger partial charge on any atom is -0.493 e. The van der Waals surface area contributed by atoms with Crippen LogP contribution in [0.25, 0.3) is 0 Å². The molecular formula is C17H18O4. The molecule has 0 aliphatic carbocycles. The van der Waals surface area contributed by atoms with E-state index in [0.717, 1.165) is 12.0 Å². The Morgan fingerprint density at radius 2 is 1.76 bits per heavy atom. The number of aromatic carboxylic acids is 1. The Balaban J connectivity index is 2.20. The van der Waals surface area contributed by atoms with Gasteiger partial charge in [-0.15, -0.1) is 0 Å². The first-order valence-corrected chi connectivity index (χ1v) is 6.76. The topological polar surface area (TPSA) is 55.8 Å². The van der Waals surface area contributed by atoms with Crippen LogP contribution < -0.4 is 9.47 Å². The van der Waals surface area contributed by atoms with E-state index in [1.807, 2.05) is 24.3 Å². The zero-order valence-corrected chi connectivity index (χ0v) is 12.1. The molecule has 1 N–H and O–H groups in total. The second-order valence-corrected chi connectivity index (χ2v) is 4.60. The summed E-state index contributed by atoms with van der Waals surface area (Å²) in [6, 6.07) is 12.9. The number of para-hydroxylation sites is 1. The Bertz CT molecular complexity index is 617. The van der Waals surface area contributed by atoms with Crippen molar-refractivity contribution in [2.24, 2.45) is 0 Å². The first-order chi connectivity index (χ1) is 10.2. The van der Waals surface area contributed by atoms with Crippen molar-refractivity contribution < 1.29 is 19.4 Å². The molecule has 0 spiro atoms. The lowest BCUT2D eigenvalue weighted by Gasteiger charge is -2.13. The maximum absolute atomic E-state index is 11.2. The summed E-state index contributed by atoms with van der Waals surface area (Å²) in [5, 5.41) is 9.22. The van der Waals surface area contributed by atoms with E-state index in [2.05, 4.69) is 6.92 Å². The summed E-state index contributed by atoms with van der Waals surface area (Å²) in [6.07, 6.45) is 0.983. The van der Waals surface area contributed by atoms with Crippen LogP contribution >= 0.6 is 0 Å². The smallest absolute Gasteiger partial charge is 0.339 e. The quantitative estimate of drug-likeness (QED) is 0.882. The highest BCUT2D eigenvalue weighted by molar-refractivity contribution is 5.92. The van der Waals surface area contributed by atoms with Crippen LogP contribution in [0.1, 0.15) is 28.4 Å². The summed E-state index contributed by atoms with van der Waals surface area (Å²) in [5.41, 5.74) is 2.33. The summed E-state index contributed by atoms with van der Waals surface area (Å²) >= 11 is 0. The number of carbonyl (C=O) groups is 1. The van der Waals surface area contributed by atoms with Gasteiger partial charge >= 0.3 is 5.97 Å². The van der Waals surface area contributed by atoms with Crippen molar-refractivity contribution in [2.75, 3.05) is 7.11 Å². The third-order valence-corrected chi connectivity index (χ3v) is 3.24. The third-order valence-electron chi connectivity index (χ3n) is 3.24. The fourth-order valence-corrected chi connectivity index (χ4v) is 2.02. The van der Waals surface area contributed by atoms with Crippen LogP contribution in [0, 0.1) is 0 Å². The summed E-state index contributed by atoms with van der Waals surface area (Å²) in [6.45, 7) is 2.39. The number of aryl methyl sites for hydroxylation is 1. The maximum atomic E-state index is 11.2. The average Bonchev–Trinajstić information content (AvgIpc) is 2.52. The number of hydrogen-bond donors (Lipinski definition) is 1. The Kier molecular flexibility index (Phi) is 4.82. The summed E-state index contributed by atoms with van der Waals surface area (Å²) in [7, 11) is 1.49. The average molecular weight is 286 g/mol. The second-order valence-electron chi connectivity index (χ2n) is 4.60. The number of benzene rings is 2. The van der Waals surface area contributed by atoms with Gasteiger partial charge < -0.3 is 14.6 Å². The van der Waals surface area contributed by atoms with Gasteiger partial charge in [-0.2, -0.15) is 0 Å². The number of hydrogen-bond acceptors (Lipinski definition) is 3. The lowest BCUT2D eigenvalue weighted by molar-refractivity contribution is 0.0691. The Labute approximate surface area is 123 Å². The van der Waals surface area contributed by atoms with Gasteiger partial charge in [0.1, 0.15) is 12.2 Å². The van der Waals surface area contributed by atoms with Crippen LogP contribution in [0.4, 0.5) is 0 Å². The molecule has 21 heavy (non-hydrogen) atoms. The molecule has 0 saturated heterocycles. The molecule has 110 valence electrons. The SMILES string of the molecule is CCc1ccc(COc2c(OC)cccc2C(=O)O)cc1. The number of carboxylic acids is 1. The Morgan fingerprint density at radius 1 is 1.10 bits per heavy atom. The number of rotatable bonds is 6. The molecule has 4 nitrogen and oxygen atoms in total. The molecule has 0 aromatic heterocycles. The molecule has 2 aromatic carbocycles. The van der Waals surface area contributed by atoms with Crippen molar-refractivity contribution in [3.63, 3.8) is 0 Å². The van der Waals surface area contributed by atoms with Gasteiger partial charge in [-0.25, -0.2) is 4.79 Å². The molecule has 0 heterocycles.